The van der Waals surface area contributed by atoms with Gasteiger partial charge in [0.05, 0.1) is 0 Å². The Morgan fingerprint density at radius 3 is 1.33 bits per heavy atom. The average molecular weight is 221 g/mol. The molecule has 0 aromatic heterocycles. The molecule has 0 fully saturated rings. The van der Waals surface area contributed by atoms with Crippen molar-refractivity contribution < 1.29 is 49.7 Å². The SMILES string of the molecule is [Na+].[O-]/[N+](=N\O)c1ccc(/[N+]([O-])=N\O)cc1. The topological polar surface area (TPSA) is 117 Å². The van der Waals surface area contributed by atoms with E-state index >= 15 is 0 Å². The van der Waals surface area contributed by atoms with Crippen LogP contribution in [0.1, 0.15) is 0 Å². The molecule has 0 amide bonds. The van der Waals surface area contributed by atoms with Crippen molar-refractivity contribution >= 4 is 11.4 Å². The molecule has 0 saturated heterocycles. The zero-order valence-electron chi connectivity index (χ0n) is 7.81. The average Bonchev–Trinajstić information content (AvgIpc) is 2.27. The summed E-state index contributed by atoms with van der Waals surface area (Å²) in [6.45, 7) is 0. The summed E-state index contributed by atoms with van der Waals surface area (Å²) in [6, 6.07) is 4.94. The first-order valence-corrected chi connectivity index (χ1v) is 3.43. The first-order valence-electron chi connectivity index (χ1n) is 3.43. The van der Waals surface area contributed by atoms with Gasteiger partial charge in [-0.05, 0) is 9.72 Å². The van der Waals surface area contributed by atoms with E-state index in [2.05, 4.69) is 10.6 Å². The van der Waals surface area contributed by atoms with Gasteiger partial charge in [-0.1, -0.05) is 0 Å². The van der Waals surface area contributed by atoms with Crippen molar-refractivity contribution in [2.24, 2.45) is 10.6 Å². The molecule has 8 nitrogen and oxygen atoms in total. The normalized spacial score (nSPS) is 12.0. The molecule has 0 bridgehead atoms. The summed E-state index contributed by atoms with van der Waals surface area (Å²) < 4.78 is 0. The quantitative estimate of drug-likeness (QED) is 0.278. The molecule has 0 aliphatic carbocycles. The second-order valence-corrected chi connectivity index (χ2v) is 2.24. The number of nitrogens with zero attached hydrogens (tertiary/aromatic N) is 4. The van der Waals surface area contributed by atoms with Gasteiger partial charge >= 0.3 is 29.6 Å². The van der Waals surface area contributed by atoms with Crippen molar-refractivity contribution in [1.29, 1.82) is 0 Å². The van der Waals surface area contributed by atoms with Gasteiger partial charge < -0.3 is 20.8 Å². The van der Waals surface area contributed by atoms with Gasteiger partial charge in [-0.15, -0.1) is 0 Å². The molecular weight excluding hydrogens is 215 g/mol. The van der Waals surface area contributed by atoms with Crippen LogP contribution in [0.3, 0.4) is 0 Å². The fourth-order valence-corrected chi connectivity index (χ4v) is 0.811. The molecule has 0 spiro atoms. The molecule has 0 aliphatic rings. The minimum absolute atomic E-state index is 0. The molecule has 0 heterocycles. The molecule has 0 unspecified atom stereocenters. The van der Waals surface area contributed by atoms with Crippen LogP contribution in [0, 0.1) is 10.4 Å². The number of hydrogen-bond donors (Lipinski definition) is 2. The van der Waals surface area contributed by atoms with Crippen LogP contribution in [-0.4, -0.2) is 20.1 Å². The first kappa shape index (κ1) is 13.6. The smallest absolute Gasteiger partial charge is 0.592 e. The van der Waals surface area contributed by atoms with Gasteiger partial charge in [-0.25, -0.2) is 0 Å². The number of hydrogen-bond acceptors (Lipinski definition) is 4. The second kappa shape index (κ2) is 6.17. The fourth-order valence-electron chi connectivity index (χ4n) is 0.811. The van der Waals surface area contributed by atoms with E-state index in [0.29, 0.717) is 0 Å². The Morgan fingerprint density at radius 2 is 1.13 bits per heavy atom. The Morgan fingerprint density at radius 1 is 0.867 bits per heavy atom. The molecule has 9 heteroatoms. The molecule has 0 radical (unpaired) electrons. The van der Waals surface area contributed by atoms with Gasteiger partial charge in [-0.2, -0.15) is 0 Å². The Kier molecular flexibility index (Phi) is 5.60. The van der Waals surface area contributed by atoms with Gasteiger partial charge in [0.2, 0.25) is 21.9 Å². The molecule has 74 valence electrons. The van der Waals surface area contributed by atoms with Gasteiger partial charge in [0, 0.05) is 24.3 Å². The summed E-state index contributed by atoms with van der Waals surface area (Å²) >= 11 is 0. The van der Waals surface area contributed by atoms with E-state index in [-0.39, 0.29) is 50.7 Å². The number of benzene rings is 1. The molecule has 1 rings (SSSR count). The van der Waals surface area contributed by atoms with Gasteiger partial charge in [0.25, 0.3) is 0 Å². The summed E-state index contributed by atoms with van der Waals surface area (Å²) in [5.74, 6) is 0. The summed E-state index contributed by atoms with van der Waals surface area (Å²) in [5, 5.41) is 42.4. The van der Waals surface area contributed by atoms with E-state index in [0.717, 1.165) is 0 Å². The monoisotopic (exact) mass is 221 g/mol. The van der Waals surface area contributed by atoms with Crippen molar-refractivity contribution in [3.63, 3.8) is 0 Å². The zero-order valence-corrected chi connectivity index (χ0v) is 9.81. The van der Waals surface area contributed by atoms with Gasteiger partial charge in [0.1, 0.15) is 0 Å². The minimum Gasteiger partial charge on any atom is -0.592 e. The third-order valence-corrected chi connectivity index (χ3v) is 1.45. The standard InChI is InChI=1S/C6H6N4O4.Na/c11-7-9(13)5-1-2-6(4-3-5)10(14)8-12;/h1-4,11-12H;/q;+1/b9-7-,10-8+;. The van der Waals surface area contributed by atoms with E-state index in [1.54, 1.807) is 0 Å². The van der Waals surface area contributed by atoms with Crippen LogP contribution in [0.2, 0.25) is 0 Å². The van der Waals surface area contributed by atoms with E-state index in [1.165, 1.54) is 24.3 Å². The predicted octanol–water partition coefficient (Wildman–Crippen LogP) is -1.34. The maximum absolute atomic E-state index is 10.7. The van der Waals surface area contributed by atoms with E-state index in [9.17, 15) is 10.4 Å². The van der Waals surface area contributed by atoms with Crippen LogP contribution in [0.4, 0.5) is 11.4 Å². The third kappa shape index (κ3) is 3.35. The third-order valence-electron chi connectivity index (χ3n) is 1.45. The Balaban J connectivity index is 0.00000196. The Bertz CT molecular complexity index is 340. The van der Waals surface area contributed by atoms with Crippen molar-refractivity contribution in [2.45, 2.75) is 0 Å². The van der Waals surface area contributed by atoms with Gasteiger partial charge in [0.15, 0.2) is 0 Å². The van der Waals surface area contributed by atoms with Crippen molar-refractivity contribution in [1.82, 2.24) is 0 Å². The molecule has 0 aliphatic heterocycles. The van der Waals surface area contributed by atoms with Crippen LogP contribution < -0.4 is 29.6 Å². The molecule has 0 saturated carbocycles. The second-order valence-electron chi connectivity index (χ2n) is 2.24. The summed E-state index contributed by atoms with van der Waals surface area (Å²) in [5.41, 5.74) is 0.0881. The molecule has 0 atom stereocenters. The van der Waals surface area contributed by atoms with Crippen LogP contribution in [-0.2, 0) is 0 Å². The minimum atomic E-state index is -0.0327. The largest absolute Gasteiger partial charge is 1.00 e. The fraction of sp³-hybridized carbons (Fsp3) is 0. The van der Waals surface area contributed by atoms with Crippen LogP contribution in [0.15, 0.2) is 34.8 Å². The van der Waals surface area contributed by atoms with Crippen molar-refractivity contribution in [3.05, 3.63) is 34.7 Å². The predicted molar refractivity (Wildman–Crippen MR) is 41.4 cm³/mol. The van der Waals surface area contributed by atoms with Crippen LogP contribution in [0.5, 0.6) is 0 Å². The maximum Gasteiger partial charge on any atom is 1.00 e. The Hall–Kier alpha value is -1.38. The van der Waals surface area contributed by atoms with E-state index < -0.39 is 0 Å². The Labute approximate surface area is 106 Å². The van der Waals surface area contributed by atoms with Crippen LogP contribution >= 0.6 is 0 Å². The van der Waals surface area contributed by atoms with E-state index in [4.69, 9.17) is 10.4 Å². The zero-order chi connectivity index (χ0) is 10.6. The molecular formula is C6H6N4NaO4+. The summed E-state index contributed by atoms with van der Waals surface area (Å²) in [6.07, 6.45) is 0. The number of rotatable bonds is 2. The maximum atomic E-state index is 10.7. The van der Waals surface area contributed by atoms with Crippen LogP contribution in [0.25, 0.3) is 0 Å². The van der Waals surface area contributed by atoms with Crippen molar-refractivity contribution in [3.8, 4) is 0 Å². The molecule has 15 heavy (non-hydrogen) atoms. The first-order chi connectivity index (χ1) is 6.69. The molecule has 1 aromatic rings. The summed E-state index contributed by atoms with van der Waals surface area (Å²) in [7, 11) is 0. The molecule has 2 N–H and O–H groups in total. The van der Waals surface area contributed by atoms with Gasteiger partial charge in [-0.3, -0.25) is 0 Å². The summed E-state index contributed by atoms with van der Waals surface area (Å²) in [4.78, 5) is -0.0655. The van der Waals surface area contributed by atoms with E-state index in [1.807, 2.05) is 0 Å². The molecule has 1 aromatic carbocycles. The van der Waals surface area contributed by atoms with Crippen molar-refractivity contribution in [2.75, 3.05) is 0 Å².